The molecule has 5 fully saturated rings. The Morgan fingerprint density at radius 1 is 0.812 bits per heavy atom. The molecule has 176 valence electrons. The molecule has 0 N–H and O–H groups in total. The van der Waals surface area contributed by atoms with Gasteiger partial charge in [-0.3, -0.25) is 0 Å². The van der Waals surface area contributed by atoms with E-state index in [4.69, 9.17) is 0 Å². The largest absolute Gasteiger partial charge is 0.365 e. The molecular weight excluding hydrogens is 409 g/mol. The van der Waals surface area contributed by atoms with Crippen molar-refractivity contribution in [3.8, 4) is 0 Å². The van der Waals surface area contributed by atoms with Crippen LogP contribution in [0.15, 0.2) is 24.3 Å². The van der Waals surface area contributed by atoms with E-state index in [2.05, 4.69) is 37.1 Å². The van der Waals surface area contributed by atoms with Crippen LogP contribution in [0.2, 0.25) is 24.2 Å². The Morgan fingerprint density at radius 3 is 2.19 bits per heavy atom. The maximum Gasteiger partial charge on any atom is 0.123 e. The van der Waals surface area contributed by atoms with Gasteiger partial charge in [0.25, 0.3) is 0 Å². The molecule has 6 rings (SSSR count). The third-order valence-electron chi connectivity index (χ3n) is 11.3. The molecule has 1 nitrogen and oxygen atoms in total. The molecule has 8 unspecified atom stereocenters. The topological polar surface area (TPSA) is 3.24 Å². The molecule has 0 amide bonds. The van der Waals surface area contributed by atoms with Gasteiger partial charge in [-0.15, -0.1) is 0 Å². The van der Waals surface area contributed by atoms with Crippen LogP contribution in [0, 0.1) is 35.4 Å². The van der Waals surface area contributed by atoms with E-state index in [1.807, 2.05) is 0 Å². The smallest absolute Gasteiger partial charge is 0.123 e. The van der Waals surface area contributed by atoms with Crippen LogP contribution in [-0.4, -0.2) is 20.2 Å². The number of halogens is 1. The zero-order valence-corrected chi connectivity index (χ0v) is 21.6. The van der Waals surface area contributed by atoms with Gasteiger partial charge in [-0.25, -0.2) is 4.39 Å². The van der Waals surface area contributed by atoms with Crippen molar-refractivity contribution in [2.45, 2.75) is 114 Å². The fraction of sp³-hybridized carbons (Fsp3) is 0.793. The molecule has 0 spiro atoms. The van der Waals surface area contributed by atoms with Crippen LogP contribution >= 0.6 is 0 Å². The van der Waals surface area contributed by atoms with Gasteiger partial charge in [0.1, 0.15) is 5.82 Å². The zero-order chi connectivity index (χ0) is 22.0. The Labute approximate surface area is 196 Å². The second kappa shape index (κ2) is 8.13. The molecular formula is C29H44FNSi. The highest BCUT2D eigenvalue weighted by Gasteiger charge is 2.66. The molecule has 0 radical (unpaired) electrons. The van der Waals surface area contributed by atoms with Gasteiger partial charge in [0.05, 0.1) is 8.07 Å². The summed E-state index contributed by atoms with van der Waals surface area (Å²) in [5, 5.41) is 0. The first kappa shape index (κ1) is 21.7. The predicted octanol–water partition coefficient (Wildman–Crippen LogP) is 8.28. The Hall–Kier alpha value is -0.833. The monoisotopic (exact) mass is 453 g/mol. The first-order valence-corrected chi connectivity index (χ1v) is 17.2. The molecule has 4 saturated carbocycles. The normalized spacial score (nSPS) is 42.1. The van der Waals surface area contributed by atoms with E-state index in [9.17, 15) is 4.39 Å². The summed E-state index contributed by atoms with van der Waals surface area (Å²) >= 11 is 0. The first-order valence-electron chi connectivity index (χ1n) is 14.0. The third-order valence-corrected chi connectivity index (χ3v) is 16.5. The van der Waals surface area contributed by atoms with Crippen LogP contribution in [-0.2, 0) is 0 Å². The molecule has 1 aromatic rings. The number of hydrogen-bond donors (Lipinski definition) is 0. The van der Waals surface area contributed by atoms with Gasteiger partial charge in [-0.1, -0.05) is 65.0 Å². The molecule has 0 bridgehead atoms. The first-order chi connectivity index (χ1) is 15.5. The SMILES string of the molecule is CC1CCC2C(C1)C1C(C3CCCCC3C1[Si](C)(C)C1CCCC1)N2c1ccc(F)cc1. The second-order valence-corrected chi connectivity index (χ2v) is 18.2. The molecule has 1 heterocycles. The third kappa shape index (κ3) is 3.27. The lowest BCUT2D eigenvalue weighted by Crippen LogP contribution is -2.46. The lowest BCUT2D eigenvalue weighted by atomic mass is 9.73. The Balaban J connectivity index is 1.45. The lowest BCUT2D eigenvalue weighted by molar-refractivity contribution is 0.205. The van der Waals surface area contributed by atoms with Gasteiger partial charge in [0.2, 0.25) is 0 Å². The summed E-state index contributed by atoms with van der Waals surface area (Å²) in [5.74, 6) is 4.43. The molecule has 3 heteroatoms. The van der Waals surface area contributed by atoms with Crippen molar-refractivity contribution in [3.05, 3.63) is 30.1 Å². The summed E-state index contributed by atoms with van der Waals surface area (Å²) in [6.07, 6.45) is 16.0. The zero-order valence-electron chi connectivity index (χ0n) is 20.6. The Kier molecular flexibility index (Phi) is 5.51. The summed E-state index contributed by atoms with van der Waals surface area (Å²) in [4.78, 5) is 2.91. The predicted molar refractivity (Wildman–Crippen MR) is 135 cm³/mol. The van der Waals surface area contributed by atoms with Crippen molar-refractivity contribution in [1.82, 2.24) is 0 Å². The Morgan fingerprint density at radius 2 is 1.47 bits per heavy atom. The van der Waals surface area contributed by atoms with Crippen molar-refractivity contribution in [2.24, 2.45) is 29.6 Å². The van der Waals surface area contributed by atoms with Crippen LogP contribution in [0.25, 0.3) is 0 Å². The van der Waals surface area contributed by atoms with Crippen LogP contribution in [0.5, 0.6) is 0 Å². The quantitative estimate of drug-likeness (QED) is 0.416. The average molecular weight is 454 g/mol. The van der Waals surface area contributed by atoms with Crippen molar-refractivity contribution in [2.75, 3.05) is 4.90 Å². The van der Waals surface area contributed by atoms with E-state index in [0.717, 1.165) is 46.7 Å². The van der Waals surface area contributed by atoms with E-state index in [1.54, 1.807) is 12.1 Å². The highest BCUT2D eigenvalue weighted by molar-refractivity contribution is 6.80. The second-order valence-electron chi connectivity index (χ2n) is 13.0. The summed E-state index contributed by atoms with van der Waals surface area (Å²) in [7, 11) is -1.36. The summed E-state index contributed by atoms with van der Waals surface area (Å²) in [6, 6.07) is 9.07. The van der Waals surface area contributed by atoms with E-state index in [1.165, 1.54) is 76.3 Å². The van der Waals surface area contributed by atoms with Crippen molar-refractivity contribution >= 4 is 13.8 Å². The van der Waals surface area contributed by atoms with Crippen LogP contribution in [0.3, 0.4) is 0 Å². The van der Waals surface area contributed by atoms with Gasteiger partial charge < -0.3 is 4.90 Å². The van der Waals surface area contributed by atoms with Gasteiger partial charge in [0, 0.05) is 17.8 Å². The van der Waals surface area contributed by atoms with E-state index in [0.29, 0.717) is 6.04 Å². The van der Waals surface area contributed by atoms with E-state index >= 15 is 0 Å². The minimum atomic E-state index is -1.36. The van der Waals surface area contributed by atoms with Crippen LogP contribution < -0.4 is 4.90 Å². The van der Waals surface area contributed by atoms with E-state index < -0.39 is 8.07 Å². The minimum Gasteiger partial charge on any atom is -0.365 e. The Bertz CT molecular complexity index is 815. The number of nitrogens with zero attached hydrogens (tertiary/aromatic N) is 1. The van der Waals surface area contributed by atoms with Gasteiger partial charge >= 0.3 is 0 Å². The van der Waals surface area contributed by atoms with Crippen molar-refractivity contribution < 1.29 is 4.39 Å². The number of hydrogen-bond acceptors (Lipinski definition) is 1. The standard InChI is InChI=1S/C29H44FNSi/c1-19-12-17-26-25(18-19)27-28(31(26)21-15-13-20(30)14-16-21)23-10-6-7-11-24(23)29(27)32(2,3)22-8-4-5-9-22/h13-16,19,22-29H,4-12,17-18H2,1-3H3. The molecule has 1 saturated heterocycles. The van der Waals surface area contributed by atoms with Gasteiger partial charge in [-0.2, -0.15) is 0 Å². The molecule has 0 aromatic heterocycles. The number of fused-ring (bicyclic) bond motifs is 5. The van der Waals surface area contributed by atoms with Crippen molar-refractivity contribution in [3.63, 3.8) is 0 Å². The number of rotatable bonds is 3. The van der Waals surface area contributed by atoms with Gasteiger partial charge in [0.15, 0.2) is 0 Å². The molecule has 8 atom stereocenters. The highest BCUT2D eigenvalue weighted by atomic mass is 28.3. The molecule has 4 aliphatic carbocycles. The minimum absolute atomic E-state index is 0.0899. The van der Waals surface area contributed by atoms with Gasteiger partial charge in [-0.05, 0) is 90.6 Å². The molecule has 5 aliphatic rings. The van der Waals surface area contributed by atoms with E-state index in [-0.39, 0.29) is 5.82 Å². The number of anilines is 1. The maximum atomic E-state index is 13.9. The maximum absolute atomic E-state index is 13.9. The van der Waals surface area contributed by atoms with Crippen LogP contribution in [0.4, 0.5) is 10.1 Å². The fourth-order valence-electron chi connectivity index (χ4n) is 10.1. The van der Waals surface area contributed by atoms with Crippen molar-refractivity contribution in [1.29, 1.82) is 0 Å². The summed E-state index contributed by atoms with van der Waals surface area (Å²) in [6.45, 7) is 8.16. The number of benzene rings is 1. The highest BCUT2D eigenvalue weighted by Crippen LogP contribution is 2.67. The van der Waals surface area contributed by atoms with Crippen LogP contribution in [0.1, 0.15) is 77.6 Å². The average Bonchev–Trinajstić information content (AvgIpc) is 3.49. The molecule has 1 aromatic carbocycles. The molecule has 1 aliphatic heterocycles. The fourth-order valence-corrected chi connectivity index (χ4v) is 15.5. The lowest BCUT2D eigenvalue weighted by Gasteiger charge is -2.47. The molecule has 32 heavy (non-hydrogen) atoms. The summed E-state index contributed by atoms with van der Waals surface area (Å²) < 4.78 is 13.9. The summed E-state index contributed by atoms with van der Waals surface area (Å²) in [5.41, 5.74) is 3.41.